The van der Waals surface area contributed by atoms with Crippen molar-refractivity contribution >= 4 is 5.91 Å². The molecule has 3 rings (SSSR count). The third-order valence-corrected chi connectivity index (χ3v) is 4.62. The van der Waals surface area contributed by atoms with Crippen LogP contribution in [0.15, 0.2) is 35.1 Å². The molecule has 0 unspecified atom stereocenters. The number of hydrogen-bond acceptors (Lipinski definition) is 4. The van der Waals surface area contributed by atoms with Crippen molar-refractivity contribution in [1.82, 2.24) is 15.0 Å². The maximum Gasteiger partial charge on any atom is 0.275 e. The average molecular weight is 313 g/mol. The smallest absolute Gasteiger partial charge is 0.275 e. The van der Waals surface area contributed by atoms with E-state index in [9.17, 15) is 4.79 Å². The summed E-state index contributed by atoms with van der Waals surface area (Å²) in [6.07, 6.45) is 11.1. The van der Waals surface area contributed by atoms with Crippen molar-refractivity contribution in [3.8, 4) is 11.3 Å². The maximum absolute atomic E-state index is 12.4. The lowest BCUT2D eigenvalue weighted by Gasteiger charge is -2.24. The van der Waals surface area contributed by atoms with E-state index >= 15 is 0 Å². The number of amides is 1. The van der Waals surface area contributed by atoms with Crippen molar-refractivity contribution in [2.45, 2.75) is 38.5 Å². The summed E-state index contributed by atoms with van der Waals surface area (Å²) in [4.78, 5) is 18.2. The van der Waals surface area contributed by atoms with E-state index in [-0.39, 0.29) is 5.91 Å². The van der Waals surface area contributed by atoms with Crippen molar-refractivity contribution in [2.75, 3.05) is 13.6 Å². The van der Waals surface area contributed by atoms with Crippen LogP contribution in [0.2, 0.25) is 0 Å². The second-order valence-corrected chi connectivity index (χ2v) is 6.34. The summed E-state index contributed by atoms with van der Waals surface area (Å²) in [6.45, 7) is 0.776. The van der Waals surface area contributed by atoms with Gasteiger partial charge in [-0.3, -0.25) is 9.78 Å². The van der Waals surface area contributed by atoms with E-state index in [1.165, 1.54) is 32.1 Å². The zero-order valence-electron chi connectivity index (χ0n) is 13.6. The summed E-state index contributed by atoms with van der Waals surface area (Å²) in [5.74, 6) is 1.25. The van der Waals surface area contributed by atoms with Gasteiger partial charge in [-0.25, -0.2) is 0 Å². The average Bonchev–Trinajstić information content (AvgIpc) is 3.11. The zero-order valence-corrected chi connectivity index (χ0v) is 13.6. The highest BCUT2D eigenvalue weighted by molar-refractivity contribution is 5.92. The Kier molecular flexibility index (Phi) is 5.05. The highest BCUT2D eigenvalue weighted by Crippen LogP contribution is 2.26. The first-order chi connectivity index (χ1) is 11.2. The second-order valence-electron chi connectivity index (χ2n) is 6.34. The summed E-state index contributed by atoms with van der Waals surface area (Å²) in [5.41, 5.74) is 1.18. The number of carbonyl (C=O) groups excluding carboxylic acids is 1. The molecule has 5 heteroatoms. The fourth-order valence-electron chi connectivity index (χ4n) is 3.17. The number of rotatable bonds is 5. The molecule has 122 valence electrons. The van der Waals surface area contributed by atoms with Crippen LogP contribution in [0.4, 0.5) is 0 Å². The van der Waals surface area contributed by atoms with E-state index in [2.05, 4.69) is 10.1 Å². The number of carbonyl (C=O) groups is 1. The molecular weight excluding hydrogens is 290 g/mol. The number of nitrogens with zero attached hydrogens (tertiary/aromatic N) is 3. The van der Waals surface area contributed by atoms with Crippen molar-refractivity contribution in [3.63, 3.8) is 0 Å². The topological polar surface area (TPSA) is 59.2 Å². The van der Waals surface area contributed by atoms with Crippen LogP contribution in [0, 0.1) is 5.92 Å². The molecular formula is C18H23N3O2. The first-order valence-corrected chi connectivity index (χ1v) is 8.36. The van der Waals surface area contributed by atoms with Gasteiger partial charge in [-0.1, -0.05) is 37.3 Å². The van der Waals surface area contributed by atoms with Crippen LogP contribution in [-0.2, 0) is 0 Å². The third kappa shape index (κ3) is 3.97. The van der Waals surface area contributed by atoms with Crippen molar-refractivity contribution < 1.29 is 9.32 Å². The van der Waals surface area contributed by atoms with Crippen LogP contribution in [-0.4, -0.2) is 34.5 Å². The Labute approximate surface area is 136 Å². The summed E-state index contributed by atoms with van der Waals surface area (Å²) >= 11 is 0. The molecule has 1 saturated carbocycles. The van der Waals surface area contributed by atoms with E-state index in [0.29, 0.717) is 11.5 Å². The molecule has 1 aliphatic rings. The van der Waals surface area contributed by atoms with Gasteiger partial charge in [-0.05, 0) is 24.5 Å². The molecule has 2 heterocycles. The van der Waals surface area contributed by atoms with Crippen LogP contribution in [0.1, 0.15) is 49.0 Å². The van der Waals surface area contributed by atoms with Gasteiger partial charge in [0.25, 0.3) is 5.91 Å². The van der Waals surface area contributed by atoms with E-state index < -0.39 is 0 Å². The summed E-state index contributed by atoms with van der Waals surface area (Å²) in [7, 11) is 1.84. The molecule has 1 amide bonds. The maximum atomic E-state index is 12.4. The zero-order chi connectivity index (χ0) is 16.1. The van der Waals surface area contributed by atoms with Crippen LogP contribution < -0.4 is 0 Å². The van der Waals surface area contributed by atoms with Gasteiger partial charge in [0.15, 0.2) is 11.5 Å². The SMILES string of the molecule is CN(CCC1CCCCC1)C(=O)c1cc(-c2cccnc2)on1. The van der Waals surface area contributed by atoms with E-state index in [0.717, 1.165) is 24.4 Å². The molecule has 0 atom stereocenters. The van der Waals surface area contributed by atoms with E-state index in [1.54, 1.807) is 23.4 Å². The third-order valence-electron chi connectivity index (χ3n) is 4.62. The largest absolute Gasteiger partial charge is 0.355 e. The Morgan fingerprint density at radius 3 is 2.91 bits per heavy atom. The Morgan fingerprint density at radius 2 is 2.17 bits per heavy atom. The molecule has 2 aromatic heterocycles. The molecule has 0 saturated heterocycles. The van der Waals surface area contributed by atoms with E-state index in [1.807, 2.05) is 19.2 Å². The highest BCUT2D eigenvalue weighted by Gasteiger charge is 2.19. The van der Waals surface area contributed by atoms with Gasteiger partial charge < -0.3 is 9.42 Å². The number of hydrogen-bond donors (Lipinski definition) is 0. The second kappa shape index (κ2) is 7.40. The van der Waals surface area contributed by atoms with Crippen molar-refractivity contribution in [1.29, 1.82) is 0 Å². The first kappa shape index (κ1) is 15.7. The van der Waals surface area contributed by atoms with Crippen LogP contribution in [0.25, 0.3) is 11.3 Å². The van der Waals surface area contributed by atoms with Crippen molar-refractivity contribution in [3.05, 3.63) is 36.3 Å². The molecule has 0 aliphatic heterocycles. The minimum absolute atomic E-state index is 0.0836. The first-order valence-electron chi connectivity index (χ1n) is 8.36. The number of pyridine rings is 1. The molecule has 0 aromatic carbocycles. The molecule has 23 heavy (non-hydrogen) atoms. The molecule has 1 aliphatic carbocycles. The molecule has 5 nitrogen and oxygen atoms in total. The fraction of sp³-hybridized carbons (Fsp3) is 0.500. The minimum atomic E-state index is -0.0836. The lowest BCUT2D eigenvalue weighted by Crippen LogP contribution is -2.29. The van der Waals surface area contributed by atoms with Gasteiger partial charge in [0.2, 0.25) is 0 Å². The van der Waals surface area contributed by atoms with Crippen LogP contribution >= 0.6 is 0 Å². The normalized spacial score (nSPS) is 15.5. The monoisotopic (exact) mass is 313 g/mol. The van der Waals surface area contributed by atoms with Crippen LogP contribution in [0.5, 0.6) is 0 Å². The number of aromatic nitrogens is 2. The predicted octanol–water partition coefficient (Wildman–Crippen LogP) is 3.78. The predicted molar refractivity (Wildman–Crippen MR) is 87.9 cm³/mol. The van der Waals surface area contributed by atoms with Gasteiger partial charge in [0, 0.05) is 37.6 Å². The molecule has 2 aromatic rings. The Balaban J connectivity index is 1.58. The highest BCUT2D eigenvalue weighted by atomic mass is 16.5. The molecule has 0 bridgehead atoms. The summed E-state index contributed by atoms with van der Waals surface area (Å²) < 4.78 is 5.28. The Morgan fingerprint density at radius 1 is 1.35 bits per heavy atom. The lowest BCUT2D eigenvalue weighted by molar-refractivity contribution is 0.0773. The molecule has 0 radical (unpaired) electrons. The van der Waals surface area contributed by atoms with Gasteiger partial charge in [0.05, 0.1) is 0 Å². The van der Waals surface area contributed by atoms with Gasteiger partial charge in [-0.15, -0.1) is 0 Å². The molecule has 1 fully saturated rings. The van der Waals surface area contributed by atoms with E-state index in [4.69, 9.17) is 4.52 Å². The van der Waals surface area contributed by atoms with Gasteiger partial charge in [-0.2, -0.15) is 0 Å². The molecule has 0 spiro atoms. The Hall–Kier alpha value is -2.17. The Bertz CT molecular complexity index is 633. The van der Waals surface area contributed by atoms with Crippen LogP contribution in [0.3, 0.4) is 0 Å². The quantitative estimate of drug-likeness (QED) is 0.843. The standard InChI is InChI=1S/C18H23N3O2/c1-21(11-9-14-6-3-2-4-7-14)18(22)16-12-17(23-20-16)15-8-5-10-19-13-15/h5,8,10,12-14H,2-4,6-7,9,11H2,1H3. The summed E-state index contributed by atoms with van der Waals surface area (Å²) in [5, 5.41) is 3.91. The van der Waals surface area contributed by atoms with Gasteiger partial charge in [0.1, 0.15) is 0 Å². The van der Waals surface area contributed by atoms with Crippen molar-refractivity contribution in [2.24, 2.45) is 5.92 Å². The molecule has 0 N–H and O–H groups in total. The van der Waals surface area contributed by atoms with Gasteiger partial charge >= 0.3 is 0 Å². The summed E-state index contributed by atoms with van der Waals surface area (Å²) in [6, 6.07) is 5.40. The minimum Gasteiger partial charge on any atom is -0.355 e. The lowest BCUT2D eigenvalue weighted by atomic mass is 9.87. The fourth-order valence-corrected chi connectivity index (χ4v) is 3.17.